The number of morpholine rings is 1. The molecule has 2 aliphatic rings. The molecule has 17 heavy (non-hydrogen) atoms. The summed E-state index contributed by atoms with van der Waals surface area (Å²) in [5, 5.41) is 8.38. The minimum absolute atomic E-state index is 0.387. The number of nitrogens with zero attached hydrogens (tertiary/aromatic N) is 4. The Hall–Kier alpha value is -0.980. The third-order valence-corrected chi connectivity index (χ3v) is 3.42. The van der Waals surface area contributed by atoms with Gasteiger partial charge in [0.25, 0.3) is 0 Å². The highest BCUT2D eigenvalue weighted by atomic mass is 16.5. The van der Waals surface area contributed by atoms with E-state index < -0.39 is 0 Å². The number of rotatable bonds is 3. The summed E-state index contributed by atoms with van der Waals surface area (Å²) in [6.07, 6.45) is 2.04. The van der Waals surface area contributed by atoms with E-state index in [-0.39, 0.29) is 0 Å². The molecule has 6 nitrogen and oxygen atoms in total. The van der Waals surface area contributed by atoms with Gasteiger partial charge in [-0.15, -0.1) is 5.10 Å². The van der Waals surface area contributed by atoms with E-state index in [1.807, 2.05) is 10.9 Å². The van der Waals surface area contributed by atoms with Crippen LogP contribution in [0.1, 0.15) is 18.7 Å². The highest BCUT2D eigenvalue weighted by Crippen LogP contribution is 2.16. The Bertz CT molecular complexity index is 377. The molecule has 3 rings (SSSR count). The Morgan fingerprint density at radius 1 is 1.35 bits per heavy atom. The summed E-state index contributed by atoms with van der Waals surface area (Å²) in [4.78, 5) is 2.38. The van der Waals surface area contributed by atoms with Gasteiger partial charge in [-0.3, -0.25) is 4.90 Å². The fourth-order valence-corrected chi connectivity index (χ4v) is 2.14. The van der Waals surface area contributed by atoms with Crippen molar-refractivity contribution in [1.82, 2.24) is 19.9 Å². The Morgan fingerprint density at radius 3 is 2.94 bits per heavy atom. The molecule has 0 amide bonds. The van der Waals surface area contributed by atoms with Gasteiger partial charge < -0.3 is 9.47 Å². The Kier molecular flexibility index (Phi) is 3.09. The molecule has 3 heterocycles. The summed E-state index contributed by atoms with van der Waals surface area (Å²) in [7, 11) is 0. The second kappa shape index (κ2) is 4.72. The van der Waals surface area contributed by atoms with E-state index in [1.54, 1.807) is 0 Å². The van der Waals surface area contributed by atoms with Crippen LogP contribution in [0.2, 0.25) is 0 Å². The van der Waals surface area contributed by atoms with Crippen LogP contribution in [-0.4, -0.2) is 58.9 Å². The van der Waals surface area contributed by atoms with Gasteiger partial charge in [-0.1, -0.05) is 5.21 Å². The first kappa shape index (κ1) is 11.1. The first-order valence-corrected chi connectivity index (χ1v) is 6.13. The van der Waals surface area contributed by atoms with Crippen molar-refractivity contribution in [3.63, 3.8) is 0 Å². The molecule has 0 spiro atoms. The Morgan fingerprint density at radius 2 is 2.24 bits per heavy atom. The minimum Gasteiger partial charge on any atom is -0.379 e. The third-order valence-electron chi connectivity index (χ3n) is 3.42. The van der Waals surface area contributed by atoms with Crippen molar-refractivity contribution < 1.29 is 9.47 Å². The van der Waals surface area contributed by atoms with Crippen LogP contribution in [0.3, 0.4) is 0 Å². The minimum atomic E-state index is 0.387. The van der Waals surface area contributed by atoms with E-state index in [0.29, 0.717) is 12.1 Å². The maximum Gasteiger partial charge on any atom is 0.100 e. The zero-order valence-corrected chi connectivity index (χ0v) is 10.1. The molecule has 0 aromatic carbocycles. The van der Waals surface area contributed by atoms with Crippen LogP contribution in [-0.2, 0) is 16.0 Å². The molecule has 1 aromatic rings. The van der Waals surface area contributed by atoms with Crippen LogP contribution in [0.4, 0.5) is 0 Å². The zero-order valence-electron chi connectivity index (χ0n) is 10.1. The van der Waals surface area contributed by atoms with E-state index >= 15 is 0 Å². The van der Waals surface area contributed by atoms with Gasteiger partial charge in [-0.05, 0) is 6.92 Å². The normalized spacial score (nSPS) is 27.0. The van der Waals surface area contributed by atoms with E-state index in [9.17, 15) is 0 Å². The molecule has 1 atom stereocenters. The highest BCUT2D eigenvalue weighted by Gasteiger charge is 2.23. The van der Waals surface area contributed by atoms with Crippen LogP contribution in [0.5, 0.6) is 0 Å². The largest absolute Gasteiger partial charge is 0.379 e. The van der Waals surface area contributed by atoms with E-state index in [0.717, 1.165) is 45.2 Å². The standard InChI is InChI=1S/C11H18N4O2/c1-9-6-16-3-2-14(9)4-10-5-15(13-12-10)11-7-17-8-11/h5,9,11H,2-4,6-8H2,1H3/t9-/m1/s1. The van der Waals surface area contributed by atoms with Crippen LogP contribution in [0.25, 0.3) is 0 Å². The predicted octanol–water partition coefficient (Wildman–Crippen LogP) is 0.0701. The van der Waals surface area contributed by atoms with Crippen LogP contribution in [0, 0.1) is 0 Å². The van der Waals surface area contributed by atoms with E-state index in [1.165, 1.54) is 0 Å². The average Bonchev–Trinajstić information content (AvgIpc) is 2.67. The summed E-state index contributed by atoms with van der Waals surface area (Å²) in [6, 6.07) is 0.847. The lowest BCUT2D eigenvalue weighted by Gasteiger charge is -2.32. The van der Waals surface area contributed by atoms with Gasteiger partial charge in [-0.25, -0.2) is 4.68 Å². The lowest BCUT2D eigenvalue weighted by Crippen LogP contribution is -2.43. The Labute approximate surface area is 100 Å². The molecule has 2 fully saturated rings. The van der Waals surface area contributed by atoms with Crippen molar-refractivity contribution >= 4 is 0 Å². The first-order valence-electron chi connectivity index (χ1n) is 6.13. The molecule has 0 aliphatic carbocycles. The molecule has 6 heteroatoms. The van der Waals surface area contributed by atoms with Gasteiger partial charge in [0.2, 0.25) is 0 Å². The molecular weight excluding hydrogens is 220 g/mol. The van der Waals surface area contributed by atoms with Gasteiger partial charge in [0, 0.05) is 19.1 Å². The summed E-state index contributed by atoms with van der Waals surface area (Å²) in [5.41, 5.74) is 1.03. The molecule has 0 unspecified atom stereocenters. The lowest BCUT2D eigenvalue weighted by atomic mass is 10.2. The maximum absolute atomic E-state index is 5.42. The van der Waals surface area contributed by atoms with Gasteiger partial charge in [0.1, 0.15) is 6.04 Å². The van der Waals surface area contributed by atoms with Crippen LogP contribution >= 0.6 is 0 Å². The lowest BCUT2D eigenvalue weighted by molar-refractivity contribution is -0.0294. The first-order chi connectivity index (χ1) is 8.33. The fourth-order valence-electron chi connectivity index (χ4n) is 2.14. The van der Waals surface area contributed by atoms with Gasteiger partial charge in [0.15, 0.2) is 0 Å². The molecule has 0 saturated carbocycles. The quantitative estimate of drug-likeness (QED) is 0.746. The third kappa shape index (κ3) is 2.34. The van der Waals surface area contributed by atoms with Gasteiger partial charge >= 0.3 is 0 Å². The molecule has 0 bridgehead atoms. The van der Waals surface area contributed by atoms with Crippen LogP contribution < -0.4 is 0 Å². The van der Waals surface area contributed by atoms with E-state index in [2.05, 4.69) is 22.1 Å². The van der Waals surface area contributed by atoms with Crippen molar-refractivity contribution in [1.29, 1.82) is 0 Å². The average molecular weight is 238 g/mol. The van der Waals surface area contributed by atoms with Crippen molar-refractivity contribution in [2.24, 2.45) is 0 Å². The summed E-state index contributed by atoms with van der Waals surface area (Å²) >= 11 is 0. The molecule has 0 radical (unpaired) electrons. The van der Waals surface area contributed by atoms with E-state index in [4.69, 9.17) is 9.47 Å². The fraction of sp³-hybridized carbons (Fsp3) is 0.818. The zero-order chi connectivity index (χ0) is 11.7. The smallest absolute Gasteiger partial charge is 0.100 e. The number of hydrogen-bond acceptors (Lipinski definition) is 5. The summed E-state index contributed by atoms with van der Waals surface area (Å²) in [6.45, 7) is 7.16. The van der Waals surface area contributed by atoms with Crippen molar-refractivity contribution in [2.75, 3.05) is 33.0 Å². The molecule has 2 saturated heterocycles. The van der Waals surface area contributed by atoms with Gasteiger partial charge in [-0.2, -0.15) is 0 Å². The molecule has 0 N–H and O–H groups in total. The SMILES string of the molecule is C[C@@H]1COCCN1Cc1cn(C2COC2)nn1. The predicted molar refractivity (Wildman–Crippen MR) is 60.6 cm³/mol. The van der Waals surface area contributed by atoms with Crippen molar-refractivity contribution in [2.45, 2.75) is 25.6 Å². The maximum atomic E-state index is 5.42. The second-order valence-corrected chi connectivity index (χ2v) is 4.78. The van der Waals surface area contributed by atoms with Gasteiger partial charge in [0.05, 0.1) is 38.3 Å². The van der Waals surface area contributed by atoms with Crippen molar-refractivity contribution in [3.05, 3.63) is 11.9 Å². The molecule has 2 aliphatic heterocycles. The monoisotopic (exact) mass is 238 g/mol. The number of hydrogen-bond donors (Lipinski definition) is 0. The van der Waals surface area contributed by atoms with Crippen molar-refractivity contribution in [3.8, 4) is 0 Å². The summed E-state index contributed by atoms with van der Waals surface area (Å²) < 4.78 is 12.5. The van der Waals surface area contributed by atoms with Crippen LogP contribution in [0.15, 0.2) is 6.20 Å². The molecular formula is C11H18N4O2. The second-order valence-electron chi connectivity index (χ2n) is 4.78. The number of ether oxygens (including phenoxy) is 2. The Balaban J connectivity index is 1.61. The summed E-state index contributed by atoms with van der Waals surface area (Å²) in [5.74, 6) is 0. The highest BCUT2D eigenvalue weighted by molar-refractivity contribution is 4.95. The topological polar surface area (TPSA) is 52.4 Å². The molecule has 94 valence electrons. The number of aromatic nitrogens is 3. The molecule has 1 aromatic heterocycles.